The molecule has 0 aliphatic carbocycles. The molecule has 2 aliphatic heterocycles. The minimum Gasteiger partial charge on any atom is -0.491 e. The van der Waals surface area contributed by atoms with E-state index in [0.717, 1.165) is 55.4 Å². The molecule has 3 unspecified atom stereocenters. The van der Waals surface area contributed by atoms with Crippen molar-refractivity contribution in [2.75, 3.05) is 49.2 Å². The Kier molecular flexibility index (Phi) is 9.64. The molecule has 2 fully saturated rings. The van der Waals surface area contributed by atoms with Gasteiger partial charge in [-0.25, -0.2) is 14.5 Å². The van der Waals surface area contributed by atoms with Gasteiger partial charge < -0.3 is 24.0 Å². The first kappa shape index (κ1) is 33.2. The van der Waals surface area contributed by atoms with E-state index in [2.05, 4.69) is 56.2 Å². The molecule has 2 aliphatic rings. The summed E-state index contributed by atoms with van der Waals surface area (Å²) in [4.78, 5) is 21.6. The second-order valence-corrected chi connectivity index (χ2v) is 13.1. The van der Waals surface area contributed by atoms with Gasteiger partial charge in [-0.2, -0.15) is 14.9 Å². The highest BCUT2D eigenvalue weighted by Gasteiger charge is 2.45. The summed E-state index contributed by atoms with van der Waals surface area (Å²) >= 11 is 12.7. The van der Waals surface area contributed by atoms with Crippen LogP contribution in [0, 0.1) is 0 Å². The maximum Gasteiger partial charge on any atom is 0.350 e. The number of hydrogen-bond donors (Lipinski definition) is 0. The van der Waals surface area contributed by atoms with Crippen LogP contribution in [-0.4, -0.2) is 74.6 Å². The molecule has 7 rings (SSSR count). The van der Waals surface area contributed by atoms with E-state index in [0.29, 0.717) is 28.8 Å². The van der Waals surface area contributed by atoms with Crippen molar-refractivity contribution in [2.45, 2.75) is 44.7 Å². The van der Waals surface area contributed by atoms with Gasteiger partial charge in [-0.3, -0.25) is 4.57 Å². The monoisotopic (exact) mass is 704 g/mol. The van der Waals surface area contributed by atoms with Crippen molar-refractivity contribution < 1.29 is 14.2 Å². The molecule has 0 saturated carbocycles. The number of nitrogens with zero attached hydrogens (tertiary/aromatic N) is 8. The number of rotatable bonds is 11. The van der Waals surface area contributed by atoms with E-state index >= 15 is 0 Å². The Morgan fingerprint density at radius 2 is 1.59 bits per heavy atom. The van der Waals surface area contributed by atoms with Crippen LogP contribution in [0.4, 0.5) is 11.4 Å². The maximum absolute atomic E-state index is 12.8. The van der Waals surface area contributed by atoms with Crippen LogP contribution in [0.2, 0.25) is 10.0 Å². The number of hydrogen-bond acceptors (Lipinski definition) is 9. The Balaban J connectivity index is 0.925. The fourth-order valence-corrected chi connectivity index (χ4v) is 6.80. The van der Waals surface area contributed by atoms with E-state index in [1.54, 1.807) is 34.0 Å². The van der Waals surface area contributed by atoms with Crippen LogP contribution in [0.5, 0.6) is 5.75 Å². The molecule has 0 spiro atoms. The maximum atomic E-state index is 12.8. The van der Waals surface area contributed by atoms with Gasteiger partial charge >= 0.3 is 5.69 Å². The predicted molar refractivity (Wildman–Crippen MR) is 188 cm³/mol. The van der Waals surface area contributed by atoms with Crippen LogP contribution < -0.4 is 20.2 Å². The molecule has 3 atom stereocenters. The molecule has 4 heterocycles. The molecule has 3 aromatic carbocycles. The summed E-state index contributed by atoms with van der Waals surface area (Å²) in [7, 11) is 0. The summed E-state index contributed by atoms with van der Waals surface area (Å²) in [6.07, 6.45) is 5.23. The number of halogens is 2. The zero-order chi connectivity index (χ0) is 34.0. The lowest BCUT2D eigenvalue weighted by Crippen LogP contribution is -2.46. The van der Waals surface area contributed by atoms with Gasteiger partial charge in [0.25, 0.3) is 0 Å². The van der Waals surface area contributed by atoms with Gasteiger partial charge in [-0.1, -0.05) is 36.2 Å². The Hall–Kier alpha value is -4.36. The summed E-state index contributed by atoms with van der Waals surface area (Å²) in [5.74, 6) is -0.411. The average Bonchev–Trinajstić information content (AvgIpc) is 3.88. The second kappa shape index (κ2) is 14.2. The zero-order valence-electron chi connectivity index (χ0n) is 27.4. The first-order valence-electron chi connectivity index (χ1n) is 16.4. The third-order valence-electron chi connectivity index (χ3n) is 9.17. The highest BCUT2D eigenvalue weighted by atomic mass is 35.5. The molecule has 5 aromatic rings. The van der Waals surface area contributed by atoms with Gasteiger partial charge in [0.2, 0.25) is 5.79 Å². The van der Waals surface area contributed by atoms with Crippen LogP contribution in [-0.2, 0) is 21.8 Å². The molecule has 0 amide bonds. The molecule has 2 saturated heterocycles. The molecule has 49 heavy (non-hydrogen) atoms. The van der Waals surface area contributed by atoms with Crippen molar-refractivity contribution in [1.29, 1.82) is 0 Å². The molecular weight excluding hydrogens is 667 g/mol. The fourth-order valence-electron chi connectivity index (χ4n) is 6.24. The number of piperazine rings is 1. The zero-order valence-corrected chi connectivity index (χ0v) is 28.9. The largest absolute Gasteiger partial charge is 0.491 e. The molecule has 0 radical (unpaired) electrons. The van der Waals surface area contributed by atoms with E-state index in [4.69, 9.17) is 37.4 Å². The molecule has 0 bridgehead atoms. The smallest absolute Gasteiger partial charge is 0.350 e. The minimum absolute atomic E-state index is 0.113. The van der Waals surface area contributed by atoms with Crippen molar-refractivity contribution in [1.82, 2.24) is 29.1 Å². The van der Waals surface area contributed by atoms with Crippen LogP contribution >= 0.6 is 23.2 Å². The Morgan fingerprint density at radius 1 is 0.918 bits per heavy atom. The lowest BCUT2D eigenvalue weighted by molar-refractivity contribution is -0.190. The quantitative estimate of drug-likeness (QED) is 0.174. The lowest BCUT2D eigenvalue weighted by atomic mass is 10.1. The predicted octanol–water partition coefficient (Wildman–Crippen LogP) is 5.58. The topological polar surface area (TPSA) is 105 Å². The molecule has 2 aromatic heterocycles. The summed E-state index contributed by atoms with van der Waals surface area (Å²) < 4.78 is 23.7. The van der Waals surface area contributed by atoms with Gasteiger partial charge in [0.05, 0.1) is 17.3 Å². The SMILES string of the molecule is CCC(C)n1cnn(-c2ccc(N3CCN(c4ccc(OCC5COC(Cn6cncn6)(c6ccc(Cl)cc6Cl)O5)cc4)CC3)cc2)c1=O. The Labute approximate surface area is 294 Å². The number of anilines is 2. The van der Waals surface area contributed by atoms with E-state index in [1.165, 1.54) is 11.0 Å². The third kappa shape index (κ3) is 7.04. The highest BCUT2D eigenvalue weighted by Crippen LogP contribution is 2.40. The third-order valence-corrected chi connectivity index (χ3v) is 9.72. The van der Waals surface area contributed by atoms with Gasteiger partial charge in [-0.15, -0.1) is 0 Å². The molecule has 0 N–H and O–H groups in total. The summed E-state index contributed by atoms with van der Waals surface area (Å²) in [5.41, 5.74) is 3.58. The van der Waals surface area contributed by atoms with Crippen LogP contribution in [0.1, 0.15) is 31.9 Å². The van der Waals surface area contributed by atoms with Crippen molar-refractivity contribution in [3.63, 3.8) is 0 Å². The van der Waals surface area contributed by atoms with Crippen LogP contribution in [0.25, 0.3) is 5.69 Å². The van der Waals surface area contributed by atoms with Gasteiger partial charge in [0.1, 0.15) is 44.0 Å². The van der Waals surface area contributed by atoms with Gasteiger partial charge in [0, 0.05) is 54.2 Å². The van der Waals surface area contributed by atoms with Crippen molar-refractivity contribution in [3.8, 4) is 11.4 Å². The van der Waals surface area contributed by atoms with E-state index in [-0.39, 0.29) is 24.4 Å². The average molecular weight is 706 g/mol. The minimum atomic E-state index is -1.16. The standard InChI is InChI=1S/C35H38Cl2N8O4/c1-3-25(2)44-24-40-45(34(44)46)29-7-5-27(6-8-29)41-14-16-42(17-15-41)28-9-11-30(12-10-28)47-19-31-20-48-35(49-31,21-43-23-38-22-39-43)32-13-4-26(36)18-33(32)37/h4-13,18,22-25,31H,3,14-17,19-21H2,1-2H3. The first-order chi connectivity index (χ1) is 23.8. The van der Waals surface area contributed by atoms with Crippen molar-refractivity contribution in [2.24, 2.45) is 0 Å². The normalized spacial score (nSPS) is 20.1. The number of ether oxygens (including phenoxy) is 3. The molecule has 14 heteroatoms. The number of aromatic nitrogens is 6. The molecule has 12 nitrogen and oxygen atoms in total. The molecular formula is C35H38Cl2N8O4. The summed E-state index contributed by atoms with van der Waals surface area (Å²) in [5, 5.41) is 9.53. The lowest BCUT2D eigenvalue weighted by Gasteiger charge is -2.37. The van der Waals surface area contributed by atoms with Crippen molar-refractivity contribution >= 4 is 34.6 Å². The fraction of sp³-hybridized carbons (Fsp3) is 0.371. The molecule has 256 valence electrons. The Morgan fingerprint density at radius 3 is 2.22 bits per heavy atom. The summed E-state index contributed by atoms with van der Waals surface area (Å²) in [6, 6.07) is 21.6. The van der Waals surface area contributed by atoms with E-state index < -0.39 is 5.79 Å². The van der Waals surface area contributed by atoms with Crippen molar-refractivity contribution in [3.05, 3.63) is 112 Å². The first-order valence-corrected chi connectivity index (χ1v) is 17.2. The van der Waals surface area contributed by atoms with E-state index in [1.807, 2.05) is 37.3 Å². The summed E-state index contributed by atoms with van der Waals surface area (Å²) in [6.45, 7) is 8.50. The van der Waals surface area contributed by atoms with Crippen LogP contribution in [0.3, 0.4) is 0 Å². The van der Waals surface area contributed by atoms with Gasteiger partial charge in [0.15, 0.2) is 0 Å². The Bertz CT molecular complexity index is 1910. The number of benzene rings is 3. The second-order valence-electron chi connectivity index (χ2n) is 12.3. The van der Waals surface area contributed by atoms with Crippen LogP contribution in [0.15, 0.2) is 90.5 Å². The highest BCUT2D eigenvalue weighted by molar-refractivity contribution is 6.35. The van der Waals surface area contributed by atoms with Gasteiger partial charge in [-0.05, 0) is 74.0 Å². The van der Waals surface area contributed by atoms with E-state index in [9.17, 15) is 4.79 Å².